The summed E-state index contributed by atoms with van der Waals surface area (Å²) < 4.78 is 10.6. The van der Waals surface area contributed by atoms with Crippen LogP contribution < -0.4 is 9.47 Å². The zero-order valence-corrected chi connectivity index (χ0v) is 32.1. The second kappa shape index (κ2) is 25.0. The van der Waals surface area contributed by atoms with Crippen LogP contribution in [0.4, 0.5) is 0 Å². The Labute approximate surface area is 313 Å². The lowest BCUT2D eigenvalue weighted by Crippen LogP contribution is -2.16. The fourth-order valence-electron chi connectivity index (χ4n) is 7.41. The maximum atomic E-state index is 5.31. The summed E-state index contributed by atoms with van der Waals surface area (Å²) in [5.41, 5.74) is 2.65. The van der Waals surface area contributed by atoms with E-state index in [-0.39, 0.29) is 0 Å². The van der Waals surface area contributed by atoms with Crippen molar-refractivity contribution >= 4 is 0 Å². The largest absolute Gasteiger partial charge is 0.497 e. The van der Waals surface area contributed by atoms with Crippen molar-refractivity contribution in [3.05, 3.63) is 161 Å². The first kappa shape index (κ1) is 43.1. The molecule has 0 saturated carbocycles. The molecule has 0 aromatic heterocycles. The highest BCUT2D eigenvalue weighted by atomic mass is 16.5. The van der Waals surface area contributed by atoms with Gasteiger partial charge < -0.3 is 9.47 Å². The van der Waals surface area contributed by atoms with Crippen LogP contribution in [-0.4, -0.2) is 14.2 Å². The van der Waals surface area contributed by atoms with Gasteiger partial charge in [-0.15, -0.1) is 52.6 Å². The minimum absolute atomic E-state index is 0.385. The summed E-state index contributed by atoms with van der Waals surface area (Å²) in [4.78, 5) is 0. The molecule has 8 atom stereocenters. The first-order chi connectivity index (χ1) is 24.8. The van der Waals surface area contributed by atoms with Crippen LogP contribution in [0.2, 0.25) is 0 Å². The lowest BCUT2D eigenvalue weighted by atomic mass is 9.77. The highest BCUT2D eigenvalue weighted by Crippen LogP contribution is 2.34. The van der Waals surface area contributed by atoms with E-state index in [0.717, 1.165) is 82.1 Å². The molecule has 0 radical (unpaired) electrons. The molecule has 276 valence electrons. The summed E-state index contributed by atoms with van der Waals surface area (Å²) >= 11 is 0. The molecule has 2 aromatic carbocycles. The Morgan fingerprint density at radius 3 is 0.784 bits per heavy atom. The van der Waals surface area contributed by atoms with Gasteiger partial charge in [-0.2, -0.15) is 0 Å². The lowest BCUT2D eigenvalue weighted by Gasteiger charge is -2.28. The Morgan fingerprint density at radius 1 is 0.373 bits per heavy atom. The van der Waals surface area contributed by atoms with Gasteiger partial charge in [0.15, 0.2) is 0 Å². The molecule has 0 saturated heterocycles. The molecule has 0 aliphatic carbocycles. The predicted molar refractivity (Wildman–Crippen MR) is 224 cm³/mol. The zero-order chi connectivity index (χ0) is 37.4. The minimum atomic E-state index is 0.385. The average Bonchev–Trinajstić information content (AvgIpc) is 3.18. The van der Waals surface area contributed by atoms with Crippen LogP contribution in [0.25, 0.3) is 0 Å². The molecule has 51 heavy (non-hydrogen) atoms. The number of hydrogen-bond acceptors (Lipinski definition) is 2. The topological polar surface area (TPSA) is 18.5 Å². The number of rotatable bonds is 30. The van der Waals surface area contributed by atoms with Gasteiger partial charge in [0.2, 0.25) is 0 Å². The van der Waals surface area contributed by atoms with Crippen LogP contribution in [0, 0.1) is 47.3 Å². The van der Waals surface area contributed by atoms with E-state index in [1.165, 1.54) is 11.1 Å². The van der Waals surface area contributed by atoms with E-state index in [9.17, 15) is 0 Å². The summed E-state index contributed by atoms with van der Waals surface area (Å²) in [5, 5.41) is 0. The van der Waals surface area contributed by atoms with E-state index < -0.39 is 0 Å². The van der Waals surface area contributed by atoms with Crippen LogP contribution in [0.5, 0.6) is 11.5 Å². The van der Waals surface area contributed by atoms with Crippen LogP contribution in [0.3, 0.4) is 0 Å². The summed E-state index contributed by atoms with van der Waals surface area (Å²) in [6.45, 7) is 33.8. The van der Waals surface area contributed by atoms with Crippen molar-refractivity contribution in [1.29, 1.82) is 0 Å². The molecule has 0 amide bonds. The van der Waals surface area contributed by atoms with Gasteiger partial charge >= 0.3 is 0 Å². The fraction of sp³-hybridized carbons (Fsp3) is 0.429. The van der Waals surface area contributed by atoms with Crippen molar-refractivity contribution in [3.63, 3.8) is 0 Å². The second-order valence-corrected chi connectivity index (χ2v) is 14.4. The zero-order valence-electron chi connectivity index (χ0n) is 32.1. The van der Waals surface area contributed by atoms with Gasteiger partial charge in [-0.25, -0.2) is 0 Å². The maximum Gasteiger partial charge on any atom is 0.118 e. The van der Waals surface area contributed by atoms with E-state index in [4.69, 9.17) is 9.47 Å². The number of hydrogen-bond donors (Lipinski definition) is 0. The van der Waals surface area contributed by atoms with Gasteiger partial charge in [0.25, 0.3) is 0 Å². The Morgan fingerprint density at radius 2 is 0.588 bits per heavy atom. The quantitative estimate of drug-likeness (QED) is 0.0761. The first-order valence-electron chi connectivity index (χ1n) is 19.0. The van der Waals surface area contributed by atoms with E-state index in [1.807, 2.05) is 24.3 Å². The van der Waals surface area contributed by atoms with E-state index in [1.54, 1.807) is 14.2 Å². The van der Waals surface area contributed by atoms with Crippen LogP contribution >= 0.6 is 0 Å². The van der Waals surface area contributed by atoms with Gasteiger partial charge in [0.05, 0.1) is 14.2 Å². The van der Waals surface area contributed by atoms with Crippen molar-refractivity contribution < 1.29 is 9.47 Å². The Bertz CT molecular complexity index is 1230. The Balaban J connectivity index is 1.91. The molecule has 0 unspecified atom stereocenters. The van der Waals surface area contributed by atoms with Crippen molar-refractivity contribution in [3.8, 4) is 11.5 Å². The SMILES string of the molecule is C=C[C@@H](C[C@H](C=C)C[C@@H](C=C)C[C@@H](C=C)C[C@@H](C=C)CCc1ccc(OC)cc1)C[C@@H](C=C)C[C@@H](C=C)C[C@@H](C=C)CCc1ccc(OC)cc1. The molecule has 0 aliphatic heterocycles. The van der Waals surface area contributed by atoms with Crippen LogP contribution in [0.1, 0.15) is 68.9 Å². The Kier molecular flexibility index (Phi) is 21.1. The molecule has 0 bridgehead atoms. The third-order valence-corrected chi connectivity index (χ3v) is 10.8. The molecular weight excluding hydrogens is 621 g/mol. The maximum absolute atomic E-state index is 5.31. The predicted octanol–water partition coefficient (Wildman–Crippen LogP) is 13.4. The van der Waals surface area contributed by atoms with Gasteiger partial charge in [0, 0.05) is 0 Å². The van der Waals surface area contributed by atoms with E-state index >= 15 is 0 Å². The van der Waals surface area contributed by atoms with Crippen molar-refractivity contribution in [1.82, 2.24) is 0 Å². The van der Waals surface area contributed by atoms with Gasteiger partial charge in [-0.3, -0.25) is 0 Å². The van der Waals surface area contributed by atoms with Crippen molar-refractivity contribution in [2.75, 3.05) is 14.2 Å². The molecule has 2 nitrogen and oxygen atoms in total. The molecule has 0 N–H and O–H groups in total. The van der Waals surface area contributed by atoms with Gasteiger partial charge in [-0.1, -0.05) is 72.9 Å². The fourth-order valence-corrected chi connectivity index (χ4v) is 7.41. The summed E-state index contributed by atoms with van der Waals surface area (Å²) in [6.07, 6.45) is 28.6. The first-order valence-corrected chi connectivity index (χ1v) is 19.0. The van der Waals surface area contributed by atoms with Crippen LogP contribution in [0.15, 0.2) is 150 Å². The average molecular weight is 689 g/mol. The molecule has 2 heteroatoms. The van der Waals surface area contributed by atoms with Gasteiger partial charge in [-0.05, 0) is 153 Å². The molecule has 2 aromatic rings. The third kappa shape index (κ3) is 16.2. The number of aryl methyl sites for hydroxylation is 2. The summed E-state index contributed by atoms with van der Waals surface area (Å²) in [6, 6.07) is 16.8. The normalized spacial score (nSPS) is 15.7. The van der Waals surface area contributed by atoms with E-state index in [2.05, 4.69) is 126 Å². The highest BCUT2D eigenvalue weighted by Gasteiger charge is 2.23. The monoisotopic (exact) mass is 689 g/mol. The molecule has 2 rings (SSSR count). The molecule has 0 heterocycles. The van der Waals surface area contributed by atoms with Crippen LogP contribution in [-0.2, 0) is 12.8 Å². The number of methoxy groups -OCH3 is 2. The Hall–Kier alpha value is -4.04. The molecular formula is C49H68O2. The second-order valence-electron chi connectivity index (χ2n) is 14.4. The lowest BCUT2D eigenvalue weighted by molar-refractivity contribution is 0.319. The standard InChI is InChI=1S/C49H68O2/c1-11-38(19-21-46-23-27-48(50-9)28-24-46)31-40(13-3)33-42(15-5)35-44(17-7)37-45(18-8)36-43(16-6)34-41(14-4)32-39(12-2)20-22-47-25-29-49(51-10)30-26-47/h11-18,23-30,38-45H,1-8,19-22,31-37H2,9-10H3/t38-,39-,40-,41-,42-,43-,44+,45+/m0/s1. The van der Waals surface area contributed by atoms with E-state index in [0.29, 0.717) is 47.3 Å². The third-order valence-electron chi connectivity index (χ3n) is 10.8. The van der Waals surface area contributed by atoms with Crippen molar-refractivity contribution in [2.45, 2.75) is 70.6 Å². The number of allylic oxidation sites excluding steroid dienone is 8. The minimum Gasteiger partial charge on any atom is -0.497 e. The molecule has 0 spiro atoms. The molecule has 0 fully saturated rings. The number of ether oxygens (including phenoxy) is 2. The van der Waals surface area contributed by atoms with Crippen molar-refractivity contribution in [2.24, 2.45) is 47.3 Å². The smallest absolute Gasteiger partial charge is 0.118 e. The summed E-state index contributed by atoms with van der Waals surface area (Å²) in [7, 11) is 3.41. The van der Waals surface area contributed by atoms with Gasteiger partial charge in [0.1, 0.15) is 11.5 Å². The molecule has 0 aliphatic rings. The highest BCUT2D eigenvalue weighted by molar-refractivity contribution is 5.28. The summed E-state index contributed by atoms with van der Waals surface area (Å²) in [5.74, 6) is 5.03. The number of benzene rings is 2.